The Balaban J connectivity index is 2.08. The topological polar surface area (TPSA) is 41.5 Å². The zero-order valence-electron chi connectivity index (χ0n) is 13.4. The highest BCUT2D eigenvalue weighted by atomic mass is 16.2. The van der Waals surface area contributed by atoms with E-state index in [2.05, 4.69) is 17.5 Å². The minimum atomic E-state index is 0.00691. The number of hydrazone groups is 1. The maximum Gasteiger partial charge on any atom is 0.240 e. The maximum absolute atomic E-state index is 11.6. The summed E-state index contributed by atoms with van der Waals surface area (Å²) < 4.78 is 0. The zero-order valence-corrected chi connectivity index (χ0v) is 13.4. The highest BCUT2D eigenvalue weighted by Crippen LogP contribution is 2.08. The molecule has 3 heteroatoms. The Hall–Kier alpha value is -1.64. The van der Waals surface area contributed by atoms with Crippen LogP contribution in [0.4, 0.5) is 0 Å². The minimum Gasteiger partial charge on any atom is -0.273 e. The summed E-state index contributed by atoms with van der Waals surface area (Å²) in [6, 6.07) is 8.03. The molecule has 0 aliphatic rings. The Labute approximate surface area is 128 Å². The third kappa shape index (κ3) is 9.01. The third-order valence-electron chi connectivity index (χ3n) is 3.45. The molecular weight excluding hydrogens is 260 g/mol. The molecule has 0 fully saturated rings. The molecule has 0 saturated carbocycles. The van der Waals surface area contributed by atoms with Crippen LogP contribution in [0, 0.1) is 6.92 Å². The van der Waals surface area contributed by atoms with E-state index in [1.54, 1.807) is 6.21 Å². The van der Waals surface area contributed by atoms with Crippen molar-refractivity contribution in [3.63, 3.8) is 0 Å². The quantitative estimate of drug-likeness (QED) is 0.382. The van der Waals surface area contributed by atoms with Crippen molar-refractivity contribution in [2.75, 3.05) is 0 Å². The molecule has 1 rings (SSSR count). The number of nitrogens with zero attached hydrogens (tertiary/aromatic N) is 1. The Bertz CT molecular complexity index is 441. The van der Waals surface area contributed by atoms with Crippen molar-refractivity contribution >= 4 is 12.1 Å². The van der Waals surface area contributed by atoms with Crippen LogP contribution in [0.15, 0.2) is 29.4 Å². The molecule has 0 spiro atoms. The van der Waals surface area contributed by atoms with E-state index in [0.717, 1.165) is 18.4 Å². The summed E-state index contributed by atoms with van der Waals surface area (Å²) in [7, 11) is 0. The summed E-state index contributed by atoms with van der Waals surface area (Å²) in [5.74, 6) is 0.00691. The lowest BCUT2D eigenvalue weighted by Gasteiger charge is -2.01. The molecule has 1 aromatic carbocycles. The molecule has 0 unspecified atom stereocenters. The summed E-state index contributed by atoms with van der Waals surface area (Å²) in [4.78, 5) is 11.6. The highest BCUT2D eigenvalue weighted by Gasteiger charge is 1.99. The Morgan fingerprint density at radius 1 is 1.14 bits per heavy atom. The van der Waals surface area contributed by atoms with E-state index in [1.165, 1.54) is 37.7 Å². The largest absolute Gasteiger partial charge is 0.273 e. The standard InChI is InChI=1S/C18H28N2O/c1-3-4-5-6-7-8-9-13-18(21)20-19-15-17-12-10-11-16(2)14-17/h10-12,14-15H,3-9,13H2,1-2H3,(H,20,21). The molecule has 0 radical (unpaired) electrons. The summed E-state index contributed by atoms with van der Waals surface area (Å²) in [6.07, 6.45) is 10.8. The van der Waals surface area contributed by atoms with Gasteiger partial charge in [0.05, 0.1) is 6.21 Å². The van der Waals surface area contributed by atoms with Crippen LogP contribution in [-0.4, -0.2) is 12.1 Å². The van der Waals surface area contributed by atoms with E-state index in [9.17, 15) is 4.79 Å². The number of carbonyl (C=O) groups is 1. The second-order valence-corrected chi connectivity index (χ2v) is 5.58. The van der Waals surface area contributed by atoms with Crippen LogP contribution in [0.5, 0.6) is 0 Å². The Kier molecular flexibility index (Phi) is 9.18. The summed E-state index contributed by atoms with van der Waals surface area (Å²) in [5, 5.41) is 4.00. The average Bonchev–Trinajstić information content (AvgIpc) is 2.46. The first-order valence-corrected chi connectivity index (χ1v) is 8.11. The van der Waals surface area contributed by atoms with Crippen LogP contribution in [0.3, 0.4) is 0 Å². The van der Waals surface area contributed by atoms with Crippen molar-refractivity contribution in [1.29, 1.82) is 0 Å². The number of carbonyl (C=O) groups excluding carboxylic acids is 1. The van der Waals surface area contributed by atoms with Gasteiger partial charge in [-0.25, -0.2) is 5.43 Å². The number of nitrogens with one attached hydrogen (secondary N) is 1. The monoisotopic (exact) mass is 288 g/mol. The fraction of sp³-hybridized carbons (Fsp3) is 0.556. The molecule has 0 aliphatic heterocycles. The minimum absolute atomic E-state index is 0.00691. The van der Waals surface area contributed by atoms with Gasteiger partial charge in [0.1, 0.15) is 0 Å². The van der Waals surface area contributed by atoms with E-state index >= 15 is 0 Å². The first-order chi connectivity index (χ1) is 10.2. The van der Waals surface area contributed by atoms with Gasteiger partial charge in [-0.15, -0.1) is 0 Å². The van der Waals surface area contributed by atoms with E-state index in [-0.39, 0.29) is 5.91 Å². The molecule has 3 nitrogen and oxygen atoms in total. The Morgan fingerprint density at radius 3 is 2.57 bits per heavy atom. The second-order valence-electron chi connectivity index (χ2n) is 5.58. The molecule has 1 aromatic rings. The van der Waals surface area contributed by atoms with Gasteiger partial charge in [0.15, 0.2) is 0 Å². The highest BCUT2D eigenvalue weighted by molar-refractivity contribution is 5.82. The summed E-state index contributed by atoms with van der Waals surface area (Å²) in [6.45, 7) is 4.26. The van der Waals surface area contributed by atoms with Gasteiger partial charge in [-0.1, -0.05) is 75.3 Å². The first kappa shape index (κ1) is 17.4. The van der Waals surface area contributed by atoms with Gasteiger partial charge in [0, 0.05) is 6.42 Å². The predicted molar refractivity (Wildman–Crippen MR) is 89.5 cm³/mol. The lowest BCUT2D eigenvalue weighted by Crippen LogP contribution is -2.16. The maximum atomic E-state index is 11.6. The number of benzene rings is 1. The van der Waals surface area contributed by atoms with Crippen molar-refractivity contribution in [3.8, 4) is 0 Å². The van der Waals surface area contributed by atoms with E-state index < -0.39 is 0 Å². The molecule has 1 N–H and O–H groups in total. The molecule has 1 amide bonds. The number of amides is 1. The van der Waals surface area contributed by atoms with Gasteiger partial charge in [-0.2, -0.15) is 5.10 Å². The fourth-order valence-corrected chi connectivity index (χ4v) is 2.23. The molecule has 0 bridgehead atoms. The van der Waals surface area contributed by atoms with Gasteiger partial charge in [-0.05, 0) is 18.9 Å². The van der Waals surface area contributed by atoms with E-state index in [4.69, 9.17) is 0 Å². The number of aryl methyl sites for hydroxylation is 1. The Morgan fingerprint density at radius 2 is 1.86 bits per heavy atom. The molecule has 0 saturated heterocycles. The van der Waals surface area contributed by atoms with Crippen molar-refractivity contribution < 1.29 is 4.79 Å². The van der Waals surface area contributed by atoms with Crippen LogP contribution >= 0.6 is 0 Å². The van der Waals surface area contributed by atoms with Crippen LogP contribution in [0.1, 0.15) is 69.4 Å². The van der Waals surface area contributed by atoms with Gasteiger partial charge >= 0.3 is 0 Å². The van der Waals surface area contributed by atoms with Gasteiger partial charge in [-0.3, -0.25) is 4.79 Å². The first-order valence-electron chi connectivity index (χ1n) is 8.11. The van der Waals surface area contributed by atoms with Crippen LogP contribution in [-0.2, 0) is 4.79 Å². The lowest BCUT2D eigenvalue weighted by atomic mass is 10.1. The molecule has 0 heterocycles. The van der Waals surface area contributed by atoms with E-state index in [0.29, 0.717) is 6.42 Å². The number of hydrogen-bond acceptors (Lipinski definition) is 2. The molecular formula is C18H28N2O. The molecule has 21 heavy (non-hydrogen) atoms. The van der Waals surface area contributed by atoms with Crippen LogP contribution in [0.2, 0.25) is 0 Å². The zero-order chi connectivity index (χ0) is 15.3. The lowest BCUT2D eigenvalue weighted by molar-refractivity contribution is -0.121. The van der Waals surface area contributed by atoms with Gasteiger partial charge in [0.2, 0.25) is 5.91 Å². The second kappa shape index (κ2) is 11.1. The van der Waals surface area contributed by atoms with E-state index in [1.807, 2.05) is 31.2 Å². The smallest absolute Gasteiger partial charge is 0.240 e. The number of unbranched alkanes of at least 4 members (excludes halogenated alkanes) is 6. The molecule has 0 aromatic heterocycles. The van der Waals surface area contributed by atoms with Crippen LogP contribution in [0.25, 0.3) is 0 Å². The molecule has 116 valence electrons. The predicted octanol–water partition coefficient (Wildman–Crippen LogP) is 4.59. The van der Waals surface area contributed by atoms with Crippen molar-refractivity contribution in [3.05, 3.63) is 35.4 Å². The fourth-order valence-electron chi connectivity index (χ4n) is 2.23. The van der Waals surface area contributed by atoms with Crippen molar-refractivity contribution in [1.82, 2.24) is 5.43 Å². The van der Waals surface area contributed by atoms with Gasteiger partial charge in [0.25, 0.3) is 0 Å². The SMILES string of the molecule is CCCCCCCCCC(=O)NN=Cc1cccc(C)c1. The third-order valence-corrected chi connectivity index (χ3v) is 3.45. The van der Waals surface area contributed by atoms with Crippen molar-refractivity contribution in [2.45, 2.75) is 65.2 Å². The molecule has 0 atom stereocenters. The number of hydrogen-bond donors (Lipinski definition) is 1. The van der Waals surface area contributed by atoms with Gasteiger partial charge < -0.3 is 0 Å². The summed E-state index contributed by atoms with van der Waals surface area (Å²) in [5.41, 5.74) is 4.79. The average molecular weight is 288 g/mol. The normalized spacial score (nSPS) is 11.0. The van der Waals surface area contributed by atoms with Crippen molar-refractivity contribution in [2.24, 2.45) is 5.10 Å². The number of rotatable bonds is 10. The molecule has 0 aliphatic carbocycles. The van der Waals surface area contributed by atoms with Crippen LogP contribution < -0.4 is 5.43 Å². The summed E-state index contributed by atoms with van der Waals surface area (Å²) >= 11 is 0.